The Bertz CT molecular complexity index is 1140. The Morgan fingerprint density at radius 3 is 2.45 bits per heavy atom. The molecule has 5 rings (SSSR count). The first-order valence-electron chi connectivity index (χ1n) is 11.4. The number of likely N-dealkylation sites (tertiary alicyclic amines) is 1. The molecule has 7 nitrogen and oxygen atoms in total. The van der Waals surface area contributed by atoms with E-state index < -0.39 is 21.8 Å². The molecule has 1 amide bonds. The second-order valence-electron chi connectivity index (χ2n) is 8.75. The third-order valence-electron chi connectivity index (χ3n) is 6.67. The van der Waals surface area contributed by atoms with Crippen LogP contribution in [0.1, 0.15) is 37.3 Å². The first kappa shape index (κ1) is 22.2. The number of hydrogen-bond acceptors (Lipinski definition) is 5. The predicted octanol–water partition coefficient (Wildman–Crippen LogP) is 3.36. The minimum atomic E-state index is -3.78. The van der Waals surface area contributed by atoms with Gasteiger partial charge >= 0.3 is 0 Å². The lowest BCUT2D eigenvalue weighted by Crippen LogP contribution is -2.46. The first-order chi connectivity index (χ1) is 15.9. The Morgan fingerprint density at radius 2 is 1.67 bits per heavy atom. The Balaban J connectivity index is 1.32. The fraction of sp³-hybridized carbons (Fsp3) is 0.458. The van der Waals surface area contributed by atoms with Crippen LogP contribution in [-0.2, 0) is 14.8 Å². The highest BCUT2D eigenvalue weighted by Gasteiger charge is 2.39. The number of carbonyl (C=O) groups excluding carboxylic acids is 1. The molecule has 3 aliphatic rings. The standard InChI is InChI=1S/C24H27FN2O5S/c25-19-6-8-20(9-7-19)33(29,30)26-11-1-3-18(16-26)24(28)27-12-2-4-21(27)17-5-10-22-23(15-17)32-14-13-31-22/h5-10,15,18,21H,1-4,11-14,16H2/t18-,21-/m1/s1. The van der Waals surface area contributed by atoms with E-state index in [1.54, 1.807) is 0 Å². The zero-order valence-corrected chi connectivity index (χ0v) is 19.1. The number of rotatable bonds is 4. The van der Waals surface area contributed by atoms with Crippen LogP contribution in [0.3, 0.4) is 0 Å². The van der Waals surface area contributed by atoms with Gasteiger partial charge in [-0.2, -0.15) is 4.31 Å². The molecule has 2 atom stereocenters. The van der Waals surface area contributed by atoms with Crippen LogP contribution in [0.5, 0.6) is 11.5 Å². The maximum Gasteiger partial charge on any atom is 0.243 e. The van der Waals surface area contributed by atoms with Gasteiger partial charge in [0.2, 0.25) is 15.9 Å². The molecular weight excluding hydrogens is 447 g/mol. The van der Waals surface area contributed by atoms with Gasteiger partial charge in [-0.1, -0.05) is 6.07 Å². The van der Waals surface area contributed by atoms with E-state index in [2.05, 4.69) is 0 Å². The van der Waals surface area contributed by atoms with Gasteiger partial charge in [0.05, 0.1) is 16.9 Å². The van der Waals surface area contributed by atoms with Gasteiger partial charge in [-0.05, 0) is 67.6 Å². The zero-order valence-electron chi connectivity index (χ0n) is 18.3. The van der Waals surface area contributed by atoms with Crippen LogP contribution in [0, 0.1) is 11.7 Å². The highest BCUT2D eigenvalue weighted by Crippen LogP contribution is 2.39. The Labute approximate surface area is 193 Å². The summed E-state index contributed by atoms with van der Waals surface area (Å²) in [5, 5.41) is 0. The predicted molar refractivity (Wildman–Crippen MR) is 119 cm³/mol. The van der Waals surface area contributed by atoms with Crippen molar-refractivity contribution in [2.24, 2.45) is 5.92 Å². The Kier molecular flexibility index (Phi) is 6.01. The summed E-state index contributed by atoms with van der Waals surface area (Å²) in [6.07, 6.45) is 3.02. The van der Waals surface area contributed by atoms with Crippen LogP contribution >= 0.6 is 0 Å². The molecule has 2 aromatic carbocycles. The second kappa shape index (κ2) is 8.95. The minimum absolute atomic E-state index is 0.00797. The number of hydrogen-bond donors (Lipinski definition) is 0. The van der Waals surface area contributed by atoms with Gasteiger partial charge in [0, 0.05) is 19.6 Å². The van der Waals surface area contributed by atoms with Crippen molar-refractivity contribution in [2.45, 2.75) is 36.6 Å². The maximum atomic E-state index is 13.5. The van der Waals surface area contributed by atoms with Crippen LogP contribution in [0.25, 0.3) is 0 Å². The number of piperidine rings is 1. The van der Waals surface area contributed by atoms with Crippen molar-refractivity contribution in [2.75, 3.05) is 32.8 Å². The molecule has 0 radical (unpaired) electrons. The normalized spacial score (nSPS) is 23.5. The molecule has 0 N–H and O–H groups in total. The van der Waals surface area contributed by atoms with Gasteiger partial charge in [-0.3, -0.25) is 4.79 Å². The van der Waals surface area contributed by atoms with E-state index in [9.17, 15) is 17.6 Å². The van der Waals surface area contributed by atoms with Crippen molar-refractivity contribution in [3.63, 3.8) is 0 Å². The van der Waals surface area contributed by atoms with Crippen LogP contribution in [0.4, 0.5) is 4.39 Å². The summed E-state index contributed by atoms with van der Waals surface area (Å²) < 4.78 is 52.1. The lowest BCUT2D eigenvalue weighted by atomic mass is 9.96. The van der Waals surface area contributed by atoms with Crippen LogP contribution < -0.4 is 9.47 Å². The summed E-state index contributed by atoms with van der Waals surface area (Å²) >= 11 is 0. The minimum Gasteiger partial charge on any atom is -0.486 e. The molecule has 9 heteroatoms. The zero-order chi connectivity index (χ0) is 23.0. The molecular formula is C24H27FN2O5S. The summed E-state index contributed by atoms with van der Waals surface area (Å²) in [5.74, 6) is 0.528. The SMILES string of the molecule is O=C([C@@H]1CCCN(S(=O)(=O)c2ccc(F)cc2)C1)N1CCC[C@@H]1c1ccc2c(c1)OCCO2. The molecule has 2 saturated heterocycles. The van der Waals surface area contributed by atoms with Gasteiger partial charge in [-0.15, -0.1) is 0 Å². The molecule has 176 valence electrons. The molecule has 0 bridgehead atoms. The second-order valence-corrected chi connectivity index (χ2v) is 10.7. The fourth-order valence-electron chi connectivity index (χ4n) is 5.00. The number of halogens is 1. The third-order valence-corrected chi connectivity index (χ3v) is 8.55. The smallest absolute Gasteiger partial charge is 0.243 e. The summed E-state index contributed by atoms with van der Waals surface area (Å²) in [6, 6.07) is 10.6. The van der Waals surface area contributed by atoms with E-state index in [1.165, 1.54) is 16.4 Å². The van der Waals surface area contributed by atoms with E-state index in [1.807, 2.05) is 23.1 Å². The summed E-state index contributed by atoms with van der Waals surface area (Å²) in [6.45, 7) is 2.18. The van der Waals surface area contributed by atoms with Gasteiger partial charge in [-0.25, -0.2) is 12.8 Å². The van der Waals surface area contributed by atoms with Crippen molar-refractivity contribution in [3.8, 4) is 11.5 Å². The number of fused-ring (bicyclic) bond motifs is 1. The monoisotopic (exact) mass is 474 g/mol. The quantitative estimate of drug-likeness (QED) is 0.679. The average molecular weight is 475 g/mol. The van der Waals surface area contributed by atoms with Crippen molar-refractivity contribution >= 4 is 15.9 Å². The molecule has 3 aliphatic heterocycles. The van der Waals surface area contributed by atoms with Crippen LogP contribution in [0.15, 0.2) is 47.4 Å². The molecule has 3 heterocycles. The van der Waals surface area contributed by atoms with E-state index in [-0.39, 0.29) is 23.4 Å². The molecule has 0 spiro atoms. The maximum absolute atomic E-state index is 13.5. The first-order valence-corrected chi connectivity index (χ1v) is 12.8. The Hall–Kier alpha value is -2.65. The number of sulfonamides is 1. The molecule has 2 fully saturated rings. The van der Waals surface area contributed by atoms with Gasteiger partial charge in [0.1, 0.15) is 19.0 Å². The lowest BCUT2D eigenvalue weighted by molar-refractivity contribution is -0.137. The highest BCUT2D eigenvalue weighted by atomic mass is 32.2. The third kappa shape index (κ3) is 4.31. The molecule has 0 unspecified atom stereocenters. The van der Waals surface area contributed by atoms with Crippen LogP contribution in [0.2, 0.25) is 0 Å². The lowest BCUT2D eigenvalue weighted by Gasteiger charge is -2.35. The van der Waals surface area contributed by atoms with Gasteiger partial charge in [0.15, 0.2) is 11.5 Å². The number of carbonyl (C=O) groups is 1. The number of amides is 1. The van der Waals surface area contributed by atoms with Crippen molar-refractivity contribution in [1.82, 2.24) is 9.21 Å². The van der Waals surface area contributed by atoms with E-state index >= 15 is 0 Å². The summed E-state index contributed by atoms with van der Waals surface area (Å²) in [4.78, 5) is 15.5. The van der Waals surface area contributed by atoms with Crippen molar-refractivity contribution in [1.29, 1.82) is 0 Å². The summed E-state index contributed by atoms with van der Waals surface area (Å²) in [5.41, 5.74) is 1.01. The summed E-state index contributed by atoms with van der Waals surface area (Å²) in [7, 11) is -3.78. The van der Waals surface area contributed by atoms with Crippen molar-refractivity contribution < 1.29 is 27.1 Å². The highest BCUT2D eigenvalue weighted by molar-refractivity contribution is 7.89. The molecule has 0 aliphatic carbocycles. The van der Waals surface area contributed by atoms with E-state index in [4.69, 9.17) is 9.47 Å². The molecule has 33 heavy (non-hydrogen) atoms. The van der Waals surface area contributed by atoms with E-state index in [0.717, 1.165) is 36.3 Å². The Morgan fingerprint density at radius 1 is 0.939 bits per heavy atom. The largest absolute Gasteiger partial charge is 0.486 e. The molecule has 0 saturated carbocycles. The number of ether oxygens (including phenoxy) is 2. The number of nitrogens with zero attached hydrogens (tertiary/aromatic N) is 2. The fourth-order valence-corrected chi connectivity index (χ4v) is 6.52. The average Bonchev–Trinajstić information content (AvgIpc) is 3.33. The molecule has 0 aromatic heterocycles. The van der Waals surface area contributed by atoms with Gasteiger partial charge < -0.3 is 14.4 Å². The van der Waals surface area contributed by atoms with Crippen molar-refractivity contribution in [3.05, 3.63) is 53.8 Å². The number of benzene rings is 2. The topological polar surface area (TPSA) is 76.2 Å². The molecule has 2 aromatic rings. The van der Waals surface area contributed by atoms with E-state index in [0.29, 0.717) is 44.9 Å². The van der Waals surface area contributed by atoms with Crippen LogP contribution in [-0.4, -0.2) is 56.4 Å². The van der Waals surface area contributed by atoms with Gasteiger partial charge in [0.25, 0.3) is 0 Å².